The van der Waals surface area contributed by atoms with E-state index < -0.39 is 124 Å². The molecule has 19 nitrogen and oxygen atoms in total. The summed E-state index contributed by atoms with van der Waals surface area (Å²) in [4.78, 5) is 13.5. The molecule has 3 aliphatic rings. The summed E-state index contributed by atoms with van der Waals surface area (Å²) in [6.07, 6.45) is 53.5. The summed E-state index contributed by atoms with van der Waals surface area (Å²) in [7, 11) is 0. The molecule has 0 bridgehead atoms. The molecule has 0 saturated carbocycles. The van der Waals surface area contributed by atoms with E-state index in [2.05, 4.69) is 67.8 Å². The monoisotopic (exact) mass is 1440 g/mol. The molecular weight excluding hydrogens is 1290 g/mol. The fourth-order valence-corrected chi connectivity index (χ4v) is 13.8. The quantitative estimate of drug-likeness (QED) is 0.0199. The molecule has 3 aliphatic heterocycles. The molecule has 101 heavy (non-hydrogen) atoms. The molecule has 0 aromatic heterocycles. The Morgan fingerprint density at radius 3 is 1.07 bits per heavy atom. The van der Waals surface area contributed by atoms with Crippen molar-refractivity contribution in [3.63, 3.8) is 0 Å². The molecule has 19 heteroatoms. The number of hydrogen-bond donors (Lipinski definition) is 12. The molecule has 0 aliphatic carbocycles. The summed E-state index contributed by atoms with van der Waals surface area (Å²) in [6, 6.07) is -0.975. The standard InChI is InChI=1S/C82H149NO18/c1-3-5-7-9-11-13-15-17-19-21-23-25-27-28-29-30-31-32-33-34-35-36-38-40-42-44-46-48-50-52-54-56-58-60-70(88)83-65(66(87)59-57-55-53-51-49-47-45-43-41-39-37-26-24-22-20-18-16-14-12-10-8-6-4-2)64-96-80-76(94)73(91)78(68(62-85)98-80)101-82-77(95)74(92)79(69(63-86)99-82)100-81-75(93)72(90)71(89)67(61-84)97-81/h5,7,11,13,17,19,23,25,57,59,65-69,71-82,84-87,89-95H,3-4,6,8-10,12,14-16,18,20-22,24,26-56,58,60-64H2,1-2H3,(H,83,88)/b7-5-,13-11-,19-17-,25-23-,59-57+. The number of rotatable bonds is 65. The first-order valence-electron chi connectivity index (χ1n) is 41.0. The van der Waals surface area contributed by atoms with Crippen molar-refractivity contribution in [1.82, 2.24) is 5.32 Å². The molecule has 1 amide bonds. The Bertz CT molecular complexity index is 2060. The third kappa shape index (κ3) is 42.6. The van der Waals surface area contributed by atoms with Crippen LogP contribution in [0.1, 0.15) is 322 Å². The van der Waals surface area contributed by atoms with Crippen LogP contribution in [0.5, 0.6) is 0 Å². The zero-order chi connectivity index (χ0) is 73.2. The number of hydrogen-bond acceptors (Lipinski definition) is 18. The fourth-order valence-electron chi connectivity index (χ4n) is 13.8. The Morgan fingerprint density at radius 2 is 0.683 bits per heavy atom. The molecule has 12 N–H and O–H groups in total. The molecule has 0 aromatic carbocycles. The van der Waals surface area contributed by atoms with Crippen molar-refractivity contribution in [1.29, 1.82) is 0 Å². The van der Waals surface area contributed by atoms with Crippen molar-refractivity contribution in [2.75, 3.05) is 26.4 Å². The number of amides is 1. The number of carbonyl (C=O) groups excluding carboxylic acids is 1. The highest BCUT2D eigenvalue weighted by atomic mass is 16.8. The zero-order valence-electron chi connectivity index (χ0n) is 63.1. The number of allylic oxidation sites excluding steroid dienone is 9. The fraction of sp³-hybridized carbons (Fsp3) is 0.866. The lowest BCUT2D eigenvalue weighted by atomic mass is 9.96. The van der Waals surface area contributed by atoms with Gasteiger partial charge in [0.1, 0.15) is 73.2 Å². The number of aliphatic hydroxyl groups excluding tert-OH is 11. The Kier molecular flexibility index (Phi) is 57.4. The Hall–Kier alpha value is -2.51. The van der Waals surface area contributed by atoms with Crippen LogP contribution in [0.15, 0.2) is 60.8 Å². The lowest BCUT2D eigenvalue weighted by Crippen LogP contribution is -2.66. The van der Waals surface area contributed by atoms with Gasteiger partial charge in [0.25, 0.3) is 0 Å². The molecule has 3 heterocycles. The maximum atomic E-state index is 13.5. The summed E-state index contributed by atoms with van der Waals surface area (Å²) >= 11 is 0. The molecule has 0 radical (unpaired) electrons. The summed E-state index contributed by atoms with van der Waals surface area (Å²) in [5, 5.41) is 121. The number of nitrogens with one attached hydrogen (secondary N) is 1. The number of aliphatic hydroxyl groups is 11. The summed E-state index contributed by atoms with van der Waals surface area (Å²) in [5.74, 6) is -0.270. The van der Waals surface area contributed by atoms with E-state index in [0.29, 0.717) is 6.42 Å². The van der Waals surface area contributed by atoms with Gasteiger partial charge < -0.3 is 89.9 Å². The van der Waals surface area contributed by atoms with Crippen LogP contribution in [0, 0.1) is 0 Å². The van der Waals surface area contributed by atoms with Gasteiger partial charge in [-0.3, -0.25) is 4.79 Å². The van der Waals surface area contributed by atoms with Crippen molar-refractivity contribution in [2.45, 2.75) is 426 Å². The van der Waals surface area contributed by atoms with Crippen molar-refractivity contribution >= 4 is 5.91 Å². The topological polar surface area (TPSA) is 307 Å². The van der Waals surface area contributed by atoms with Gasteiger partial charge >= 0.3 is 0 Å². The number of ether oxygens (including phenoxy) is 6. The van der Waals surface area contributed by atoms with Gasteiger partial charge in [0.05, 0.1) is 38.6 Å². The molecule has 3 rings (SSSR count). The minimum absolute atomic E-state index is 0.245. The van der Waals surface area contributed by atoms with E-state index in [1.807, 2.05) is 6.08 Å². The molecule has 0 aromatic rings. The highest BCUT2D eigenvalue weighted by Crippen LogP contribution is 2.33. The number of unbranched alkanes of at least 4 members (excludes halogenated alkanes) is 41. The van der Waals surface area contributed by atoms with Gasteiger partial charge in [-0.15, -0.1) is 0 Å². The molecule has 0 spiro atoms. The van der Waals surface area contributed by atoms with Gasteiger partial charge in [0.2, 0.25) is 5.91 Å². The van der Waals surface area contributed by atoms with Crippen molar-refractivity contribution in [3.05, 3.63) is 60.8 Å². The van der Waals surface area contributed by atoms with E-state index in [-0.39, 0.29) is 18.9 Å². The Morgan fingerprint density at radius 1 is 0.366 bits per heavy atom. The van der Waals surface area contributed by atoms with Crippen LogP contribution < -0.4 is 5.32 Å². The third-order valence-corrected chi connectivity index (χ3v) is 20.3. The van der Waals surface area contributed by atoms with Gasteiger partial charge in [-0.1, -0.05) is 319 Å². The predicted molar refractivity (Wildman–Crippen MR) is 402 cm³/mol. The molecule has 3 fully saturated rings. The van der Waals surface area contributed by atoms with Crippen LogP contribution >= 0.6 is 0 Å². The largest absolute Gasteiger partial charge is 0.394 e. The van der Waals surface area contributed by atoms with Gasteiger partial charge in [0, 0.05) is 6.42 Å². The van der Waals surface area contributed by atoms with Crippen molar-refractivity contribution < 1.29 is 89.4 Å². The summed E-state index contributed by atoms with van der Waals surface area (Å²) in [6.45, 7) is 1.67. The van der Waals surface area contributed by atoms with Gasteiger partial charge in [-0.05, 0) is 57.8 Å². The Labute approximate surface area is 611 Å². The molecule has 17 unspecified atom stereocenters. The van der Waals surface area contributed by atoms with Gasteiger partial charge in [-0.2, -0.15) is 0 Å². The van der Waals surface area contributed by atoms with E-state index >= 15 is 0 Å². The lowest BCUT2D eigenvalue weighted by Gasteiger charge is -2.48. The second-order valence-corrected chi connectivity index (χ2v) is 29.2. The maximum Gasteiger partial charge on any atom is 0.220 e. The average Bonchev–Trinajstić information content (AvgIpc) is 0.783. The van der Waals surface area contributed by atoms with Crippen LogP contribution in [-0.4, -0.2) is 193 Å². The second kappa shape index (κ2) is 62.5. The maximum absolute atomic E-state index is 13.5. The van der Waals surface area contributed by atoms with Gasteiger partial charge in [0.15, 0.2) is 18.9 Å². The molecule has 3 saturated heterocycles. The first kappa shape index (κ1) is 92.7. The Balaban J connectivity index is 1.35. The van der Waals surface area contributed by atoms with Crippen LogP contribution in [0.4, 0.5) is 0 Å². The van der Waals surface area contributed by atoms with Crippen LogP contribution in [0.3, 0.4) is 0 Å². The van der Waals surface area contributed by atoms with E-state index in [1.165, 1.54) is 225 Å². The molecule has 590 valence electrons. The molecular formula is C82H149NO18. The molecule has 17 atom stereocenters. The first-order chi connectivity index (χ1) is 49.3. The zero-order valence-corrected chi connectivity index (χ0v) is 63.1. The van der Waals surface area contributed by atoms with Crippen LogP contribution in [0.2, 0.25) is 0 Å². The smallest absolute Gasteiger partial charge is 0.220 e. The first-order valence-corrected chi connectivity index (χ1v) is 41.0. The minimum atomic E-state index is -1.98. The SMILES string of the molecule is CC/C=C\C/C=C\C/C=C\C/C=C\CCCCCCCCCCCCCCCCCCCCCCC(=O)NC(COC1OC(CO)C(OC2OC(CO)C(OC3OC(CO)C(O)C(O)C3O)C(O)C2O)C(O)C1O)C(O)/C=C/CCCCCCCCCCCCCCCCCCCCCCC. The normalized spacial score (nSPS) is 26.6. The highest BCUT2D eigenvalue weighted by molar-refractivity contribution is 5.76. The number of carbonyl (C=O) groups is 1. The van der Waals surface area contributed by atoms with E-state index in [4.69, 9.17) is 28.4 Å². The third-order valence-electron chi connectivity index (χ3n) is 20.3. The summed E-state index contributed by atoms with van der Waals surface area (Å²) < 4.78 is 34.5. The van der Waals surface area contributed by atoms with E-state index in [9.17, 15) is 61.0 Å². The van der Waals surface area contributed by atoms with E-state index in [1.54, 1.807) is 6.08 Å². The average molecular weight is 1440 g/mol. The van der Waals surface area contributed by atoms with Crippen LogP contribution in [0.25, 0.3) is 0 Å². The summed E-state index contributed by atoms with van der Waals surface area (Å²) in [5.41, 5.74) is 0. The van der Waals surface area contributed by atoms with Crippen molar-refractivity contribution in [2.24, 2.45) is 0 Å². The van der Waals surface area contributed by atoms with E-state index in [0.717, 1.165) is 70.6 Å². The second-order valence-electron chi connectivity index (χ2n) is 29.2. The predicted octanol–water partition coefficient (Wildman–Crippen LogP) is 13.8. The van der Waals surface area contributed by atoms with Crippen molar-refractivity contribution in [3.8, 4) is 0 Å². The van der Waals surface area contributed by atoms with Gasteiger partial charge in [-0.25, -0.2) is 0 Å². The van der Waals surface area contributed by atoms with Crippen LogP contribution in [-0.2, 0) is 33.2 Å². The lowest BCUT2D eigenvalue weighted by molar-refractivity contribution is -0.379. The minimum Gasteiger partial charge on any atom is -0.394 e. The highest BCUT2D eigenvalue weighted by Gasteiger charge is 2.54.